The molecule has 0 saturated heterocycles. The molecule has 0 amide bonds. The van der Waals surface area contributed by atoms with Crippen molar-refractivity contribution < 1.29 is 4.74 Å². The fourth-order valence-corrected chi connectivity index (χ4v) is 3.97. The first kappa shape index (κ1) is 17.8. The summed E-state index contributed by atoms with van der Waals surface area (Å²) in [7, 11) is 3.59. The minimum atomic E-state index is 0.445. The monoisotopic (exact) mass is 365 g/mol. The molecule has 4 rings (SSSR count). The second kappa shape index (κ2) is 7.18. The number of nitrogens with one attached hydrogen (secondary N) is 1. The molecule has 0 bridgehead atoms. The van der Waals surface area contributed by atoms with Gasteiger partial charge >= 0.3 is 0 Å². The highest BCUT2D eigenvalue weighted by atomic mass is 16.5. The molecule has 3 aromatic rings. The Bertz CT molecular complexity index is 957. The summed E-state index contributed by atoms with van der Waals surface area (Å²) in [5.41, 5.74) is 3.81. The number of fused-ring (bicyclic) bond motifs is 1. The molecule has 0 unspecified atom stereocenters. The van der Waals surface area contributed by atoms with Crippen LogP contribution in [-0.2, 0) is 7.05 Å². The van der Waals surface area contributed by atoms with Crippen molar-refractivity contribution in [1.29, 1.82) is 0 Å². The van der Waals surface area contributed by atoms with E-state index in [-0.39, 0.29) is 0 Å². The van der Waals surface area contributed by atoms with E-state index < -0.39 is 0 Å². The van der Waals surface area contributed by atoms with Crippen LogP contribution in [0.25, 0.3) is 22.0 Å². The summed E-state index contributed by atoms with van der Waals surface area (Å²) in [6.45, 7) is 4.34. The predicted molar refractivity (Wildman–Crippen MR) is 108 cm³/mol. The van der Waals surface area contributed by atoms with Gasteiger partial charge in [-0.25, -0.2) is 4.98 Å². The van der Waals surface area contributed by atoms with Gasteiger partial charge in [0.1, 0.15) is 0 Å². The average molecular weight is 365 g/mol. The first-order valence-electron chi connectivity index (χ1n) is 9.66. The molecule has 0 radical (unpaired) electrons. The Kier molecular flexibility index (Phi) is 4.72. The van der Waals surface area contributed by atoms with Gasteiger partial charge in [0.2, 0.25) is 11.8 Å². The molecule has 1 aliphatic rings. The second-order valence-electron chi connectivity index (χ2n) is 7.69. The molecule has 1 N–H and O–H groups in total. The Labute approximate surface area is 160 Å². The van der Waals surface area contributed by atoms with E-state index in [9.17, 15) is 0 Å². The maximum absolute atomic E-state index is 5.63. The minimum Gasteiger partial charge on any atom is -0.480 e. The van der Waals surface area contributed by atoms with Crippen molar-refractivity contribution in [3.8, 4) is 17.0 Å². The molecular formula is C21H27N5O. The van der Waals surface area contributed by atoms with Crippen LogP contribution in [-0.4, -0.2) is 32.9 Å². The number of hydrogen-bond donors (Lipinski definition) is 1. The molecule has 1 aromatic carbocycles. The number of aromatic nitrogens is 4. The van der Waals surface area contributed by atoms with Crippen molar-refractivity contribution in [3.63, 3.8) is 0 Å². The maximum Gasteiger partial charge on any atom is 0.226 e. The molecule has 27 heavy (non-hydrogen) atoms. The summed E-state index contributed by atoms with van der Waals surface area (Å²) in [5, 5.41) is 9.13. The van der Waals surface area contributed by atoms with Crippen molar-refractivity contribution in [2.45, 2.75) is 45.6 Å². The van der Waals surface area contributed by atoms with Crippen LogP contribution in [0.3, 0.4) is 0 Å². The number of methoxy groups -OCH3 is 1. The van der Waals surface area contributed by atoms with Crippen LogP contribution < -0.4 is 10.1 Å². The van der Waals surface area contributed by atoms with Crippen LogP contribution in [0.5, 0.6) is 5.88 Å². The molecule has 2 heterocycles. The fourth-order valence-electron chi connectivity index (χ4n) is 3.97. The van der Waals surface area contributed by atoms with Gasteiger partial charge in [-0.1, -0.05) is 19.1 Å². The van der Waals surface area contributed by atoms with E-state index in [4.69, 9.17) is 9.72 Å². The van der Waals surface area contributed by atoms with E-state index in [2.05, 4.69) is 40.5 Å². The lowest BCUT2D eigenvalue weighted by molar-refractivity contribution is 0.359. The quantitative estimate of drug-likeness (QED) is 0.745. The third-order valence-corrected chi connectivity index (χ3v) is 5.51. The summed E-state index contributed by atoms with van der Waals surface area (Å²) in [6.07, 6.45) is 6.87. The summed E-state index contributed by atoms with van der Waals surface area (Å²) in [4.78, 5) is 9.39. The van der Waals surface area contributed by atoms with Gasteiger partial charge in [0, 0.05) is 24.7 Å². The number of anilines is 1. The van der Waals surface area contributed by atoms with Crippen molar-refractivity contribution >= 4 is 16.9 Å². The summed E-state index contributed by atoms with van der Waals surface area (Å²) in [5.74, 6) is 2.08. The van der Waals surface area contributed by atoms with E-state index in [1.54, 1.807) is 7.11 Å². The minimum absolute atomic E-state index is 0.445. The average Bonchev–Trinajstić information content (AvgIpc) is 3.02. The van der Waals surface area contributed by atoms with E-state index in [1.165, 1.54) is 25.7 Å². The lowest BCUT2D eigenvalue weighted by Crippen LogP contribution is -2.26. The molecule has 0 atom stereocenters. The third kappa shape index (κ3) is 3.61. The molecule has 142 valence electrons. The smallest absolute Gasteiger partial charge is 0.226 e. The first-order chi connectivity index (χ1) is 13.0. The van der Waals surface area contributed by atoms with Gasteiger partial charge < -0.3 is 10.1 Å². The topological polar surface area (TPSA) is 64.9 Å². The normalized spacial score (nSPS) is 20.0. The number of nitrogens with zero attached hydrogens (tertiary/aromatic N) is 4. The molecule has 6 heteroatoms. The van der Waals surface area contributed by atoms with Crippen molar-refractivity contribution in [3.05, 3.63) is 30.1 Å². The number of aryl methyl sites for hydroxylation is 2. The molecule has 1 aliphatic carbocycles. The predicted octanol–water partition coefficient (Wildman–Crippen LogP) is 4.34. The molecule has 1 saturated carbocycles. The number of ether oxygens (including phenoxy) is 1. The Morgan fingerprint density at radius 2 is 1.93 bits per heavy atom. The summed E-state index contributed by atoms with van der Waals surface area (Å²) in [6, 6.07) is 6.67. The summed E-state index contributed by atoms with van der Waals surface area (Å²) >= 11 is 0. The molecular weight excluding hydrogens is 338 g/mol. The highest BCUT2D eigenvalue weighted by molar-refractivity contribution is 5.85. The van der Waals surface area contributed by atoms with Crippen LogP contribution in [0.4, 0.5) is 5.95 Å². The zero-order chi connectivity index (χ0) is 19.0. The molecule has 0 aliphatic heterocycles. The SMILES string of the molecule is COc1nc(NC2CCC(C)CC2)nc(C)c1-c1ccc2cn(C)nc2c1. The van der Waals surface area contributed by atoms with Crippen molar-refractivity contribution in [2.24, 2.45) is 13.0 Å². The zero-order valence-corrected chi connectivity index (χ0v) is 16.5. The lowest BCUT2D eigenvalue weighted by atomic mass is 9.87. The Balaban J connectivity index is 1.66. The van der Waals surface area contributed by atoms with E-state index in [1.807, 2.05) is 24.9 Å². The highest BCUT2D eigenvalue weighted by Crippen LogP contribution is 2.34. The highest BCUT2D eigenvalue weighted by Gasteiger charge is 2.21. The van der Waals surface area contributed by atoms with Crippen LogP contribution >= 0.6 is 0 Å². The second-order valence-corrected chi connectivity index (χ2v) is 7.69. The molecule has 0 spiro atoms. The standard InChI is InChI=1S/C21H27N5O/c1-13-5-9-17(10-6-13)23-21-22-14(2)19(20(24-21)27-4)15-7-8-16-12-26(3)25-18(16)11-15/h7-8,11-13,17H,5-6,9-10H2,1-4H3,(H,22,23,24). The van der Waals surface area contributed by atoms with Crippen LogP contribution in [0.2, 0.25) is 0 Å². The molecule has 1 fully saturated rings. The first-order valence-corrected chi connectivity index (χ1v) is 9.66. The van der Waals surface area contributed by atoms with Gasteiger partial charge in [-0.05, 0) is 50.2 Å². The van der Waals surface area contributed by atoms with Crippen molar-refractivity contribution in [2.75, 3.05) is 12.4 Å². The number of benzene rings is 1. The van der Waals surface area contributed by atoms with Crippen LogP contribution in [0.1, 0.15) is 38.3 Å². The van der Waals surface area contributed by atoms with Crippen molar-refractivity contribution in [1.82, 2.24) is 19.7 Å². The number of rotatable bonds is 4. The zero-order valence-electron chi connectivity index (χ0n) is 16.5. The molecule has 6 nitrogen and oxygen atoms in total. The fraction of sp³-hybridized carbons (Fsp3) is 0.476. The van der Waals surface area contributed by atoms with E-state index >= 15 is 0 Å². The van der Waals surface area contributed by atoms with E-state index in [0.29, 0.717) is 17.9 Å². The van der Waals surface area contributed by atoms with Gasteiger partial charge in [-0.3, -0.25) is 4.68 Å². The largest absolute Gasteiger partial charge is 0.480 e. The number of hydrogen-bond acceptors (Lipinski definition) is 5. The third-order valence-electron chi connectivity index (χ3n) is 5.51. The van der Waals surface area contributed by atoms with Crippen LogP contribution in [0.15, 0.2) is 24.4 Å². The Hall–Kier alpha value is -2.63. The van der Waals surface area contributed by atoms with Gasteiger partial charge in [-0.15, -0.1) is 0 Å². The Morgan fingerprint density at radius 1 is 1.15 bits per heavy atom. The lowest BCUT2D eigenvalue weighted by Gasteiger charge is -2.27. The maximum atomic E-state index is 5.63. The van der Waals surface area contributed by atoms with Gasteiger partial charge in [0.25, 0.3) is 0 Å². The van der Waals surface area contributed by atoms with Gasteiger partial charge in [0.05, 0.1) is 23.9 Å². The van der Waals surface area contributed by atoms with Gasteiger partial charge in [-0.2, -0.15) is 10.1 Å². The Morgan fingerprint density at radius 3 is 2.67 bits per heavy atom. The van der Waals surface area contributed by atoms with E-state index in [0.717, 1.165) is 33.6 Å². The van der Waals surface area contributed by atoms with Gasteiger partial charge in [0.15, 0.2) is 0 Å². The molecule has 2 aromatic heterocycles. The summed E-state index contributed by atoms with van der Waals surface area (Å²) < 4.78 is 7.45. The van der Waals surface area contributed by atoms with Crippen LogP contribution in [0, 0.1) is 12.8 Å².